The van der Waals surface area contributed by atoms with Crippen molar-refractivity contribution in [3.63, 3.8) is 0 Å². The number of aromatic nitrogens is 2. The van der Waals surface area contributed by atoms with Crippen LogP contribution in [0.5, 0.6) is 11.5 Å². The third-order valence-corrected chi connectivity index (χ3v) is 8.38. The fourth-order valence-electron chi connectivity index (χ4n) is 5.78. The maximum atomic E-state index is 13.0. The number of benzene rings is 4. The number of H-pyrrole nitrogens is 1. The van der Waals surface area contributed by atoms with Crippen molar-refractivity contribution in [1.82, 2.24) is 14.5 Å². The Kier molecular flexibility index (Phi) is 9.17. The molecule has 9 heteroatoms. The Bertz CT molecular complexity index is 2150. The van der Waals surface area contributed by atoms with Crippen LogP contribution in [0.15, 0.2) is 101 Å². The molecule has 5 aromatic rings. The predicted molar refractivity (Wildman–Crippen MR) is 183 cm³/mol. The number of ether oxygens (including phenoxy) is 2. The SMILES string of the molecule is COc1cc2c(cc1OC)CN(Cc1ccc(NC(=O)c3ccc(/C=c4\[nH]c(=O)/c(=C/c5ccccc5)n(C)c4=O)cc3)cc1)CC2. The molecule has 0 bridgehead atoms. The first-order valence-corrected chi connectivity index (χ1v) is 15.4. The summed E-state index contributed by atoms with van der Waals surface area (Å²) in [5.41, 5.74) is 5.65. The average Bonchev–Trinajstić information content (AvgIpc) is 3.10. The lowest BCUT2D eigenvalue weighted by Gasteiger charge is -2.29. The molecule has 2 N–H and O–H groups in total. The number of rotatable bonds is 8. The maximum Gasteiger partial charge on any atom is 0.274 e. The molecule has 0 spiro atoms. The van der Waals surface area contributed by atoms with Crippen LogP contribution in [0.1, 0.15) is 38.2 Å². The van der Waals surface area contributed by atoms with Crippen molar-refractivity contribution in [1.29, 1.82) is 0 Å². The Morgan fingerprint density at radius 2 is 1.51 bits per heavy atom. The topological polar surface area (TPSA) is 106 Å². The standard InChI is InChI=1S/C38H36N4O5/c1-41-33(20-25-7-5-4-6-8-25)37(44)40-32(38(41)45)19-26-9-13-28(14-10-26)36(43)39-31-15-11-27(12-16-31)23-42-18-17-29-21-34(46-2)35(47-3)22-30(29)24-42/h4-16,19-22H,17-18,23-24H2,1-3H3,(H,39,43)(H,40,44)/b32-19-,33-20-. The van der Waals surface area contributed by atoms with Gasteiger partial charge in [-0.15, -0.1) is 0 Å². The normalized spacial score (nSPS) is 13.7. The molecule has 1 aliphatic rings. The highest BCUT2D eigenvalue weighted by molar-refractivity contribution is 6.04. The van der Waals surface area contributed by atoms with Gasteiger partial charge in [0.2, 0.25) is 0 Å². The number of hydrogen-bond donors (Lipinski definition) is 2. The minimum atomic E-state index is -0.368. The molecule has 0 saturated carbocycles. The van der Waals surface area contributed by atoms with Gasteiger partial charge in [-0.3, -0.25) is 19.3 Å². The van der Waals surface area contributed by atoms with E-state index in [1.54, 1.807) is 57.7 Å². The summed E-state index contributed by atoms with van der Waals surface area (Å²) < 4.78 is 12.3. The third-order valence-electron chi connectivity index (χ3n) is 8.38. The summed E-state index contributed by atoms with van der Waals surface area (Å²) in [7, 11) is 4.89. The van der Waals surface area contributed by atoms with Gasteiger partial charge in [-0.25, -0.2) is 0 Å². The van der Waals surface area contributed by atoms with E-state index in [1.165, 1.54) is 15.7 Å². The number of fused-ring (bicyclic) bond motifs is 1. The Labute approximate surface area is 272 Å². The molecule has 0 aliphatic carbocycles. The third kappa shape index (κ3) is 7.10. The summed E-state index contributed by atoms with van der Waals surface area (Å²) in [6.07, 6.45) is 4.22. The van der Waals surface area contributed by atoms with Gasteiger partial charge in [-0.1, -0.05) is 54.6 Å². The molecule has 0 saturated heterocycles. The number of amides is 1. The van der Waals surface area contributed by atoms with Crippen LogP contribution in [0.25, 0.3) is 12.2 Å². The molecule has 1 aromatic heterocycles. The zero-order valence-electron chi connectivity index (χ0n) is 26.6. The van der Waals surface area contributed by atoms with Gasteiger partial charge < -0.3 is 24.3 Å². The summed E-state index contributed by atoms with van der Waals surface area (Å²) in [5, 5.41) is 3.38. The molecule has 47 heavy (non-hydrogen) atoms. The van der Waals surface area contributed by atoms with Crippen LogP contribution in [0.2, 0.25) is 0 Å². The van der Waals surface area contributed by atoms with Gasteiger partial charge >= 0.3 is 0 Å². The second-order valence-electron chi connectivity index (χ2n) is 11.5. The van der Waals surface area contributed by atoms with Crippen LogP contribution in [-0.4, -0.2) is 41.1 Å². The second-order valence-corrected chi connectivity index (χ2v) is 11.5. The molecule has 0 unspecified atom stereocenters. The molecule has 6 rings (SSSR count). The van der Waals surface area contributed by atoms with Crippen LogP contribution in [-0.2, 0) is 26.6 Å². The summed E-state index contributed by atoms with van der Waals surface area (Å²) >= 11 is 0. The number of carbonyl (C=O) groups is 1. The second kappa shape index (κ2) is 13.8. The minimum Gasteiger partial charge on any atom is -0.493 e. The first-order chi connectivity index (χ1) is 22.8. The van der Waals surface area contributed by atoms with E-state index in [4.69, 9.17) is 9.47 Å². The fraction of sp³-hybridized carbons (Fsp3) is 0.184. The Morgan fingerprint density at radius 3 is 2.19 bits per heavy atom. The van der Waals surface area contributed by atoms with Crippen molar-refractivity contribution in [2.24, 2.45) is 7.05 Å². The van der Waals surface area contributed by atoms with E-state index in [9.17, 15) is 14.4 Å². The number of hydrogen-bond acceptors (Lipinski definition) is 6. The largest absolute Gasteiger partial charge is 0.493 e. The van der Waals surface area contributed by atoms with Gasteiger partial charge in [-0.05, 0) is 82.8 Å². The molecular weight excluding hydrogens is 592 g/mol. The van der Waals surface area contributed by atoms with Gasteiger partial charge in [0.25, 0.3) is 17.0 Å². The zero-order valence-corrected chi connectivity index (χ0v) is 26.6. The molecular formula is C38H36N4O5. The summed E-state index contributed by atoms with van der Waals surface area (Å²) in [5.74, 6) is 1.26. The summed E-state index contributed by atoms with van der Waals surface area (Å²) in [4.78, 5) is 43.9. The molecule has 9 nitrogen and oxygen atoms in total. The number of nitrogens with zero attached hydrogens (tertiary/aromatic N) is 2. The van der Waals surface area contributed by atoms with E-state index in [-0.39, 0.29) is 27.7 Å². The molecule has 1 amide bonds. The maximum absolute atomic E-state index is 13.0. The number of carbonyl (C=O) groups excluding carboxylic acids is 1. The Morgan fingerprint density at radius 1 is 0.851 bits per heavy atom. The van der Waals surface area contributed by atoms with Crippen molar-refractivity contribution < 1.29 is 14.3 Å². The van der Waals surface area contributed by atoms with Gasteiger partial charge in [0.05, 0.1) is 14.2 Å². The van der Waals surface area contributed by atoms with E-state index in [1.807, 2.05) is 54.6 Å². The van der Waals surface area contributed by atoms with Gasteiger partial charge in [0.15, 0.2) is 11.5 Å². The highest BCUT2D eigenvalue weighted by Gasteiger charge is 2.19. The van der Waals surface area contributed by atoms with E-state index in [2.05, 4.69) is 27.3 Å². The average molecular weight is 629 g/mol. The van der Waals surface area contributed by atoms with Crippen molar-refractivity contribution in [2.45, 2.75) is 19.5 Å². The van der Waals surface area contributed by atoms with Crippen LogP contribution in [0.3, 0.4) is 0 Å². The number of aromatic amines is 1. The minimum absolute atomic E-state index is 0.161. The molecule has 0 atom stereocenters. The summed E-state index contributed by atoms with van der Waals surface area (Å²) in [6, 6.07) is 28.2. The first-order valence-electron chi connectivity index (χ1n) is 15.4. The van der Waals surface area contributed by atoms with Gasteiger partial charge in [-0.2, -0.15) is 0 Å². The van der Waals surface area contributed by atoms with E-state index in [0.29, 0.717) is 16.8 Å². The molecule has 1 aliphatic heterocycles. The van der Waals surface area contributed by atoms with Crippen molar-refractivity contribution in [3.05, 3.63) is 156 Å². The van der Waals surface area contributed by atoms with E-state index >= 15 is 0 Å². The Balaban J connectivity index is 1.10. The van der Waals surface area contributed by atoms with Gasteiger partial charge in [0, 0.05) is 37.9 Å². The predicted octanol–water partition coefficient (Wildman–Crippen LogP) is 3.56. The lowest BCUT2D eigenvalue weighted by molar-refractivity contribution is 0.102. The molecule has 0 radical (unpaired) electrons. The van der Waals surface area contributed by atoms with Crippen molar-refractivity contribution >= 4 is 23.7 Å². The lowest BCUT2D eigenvalue weighted by Crippen LogP contribution is -2.52. The number of methoxy groups -OCH3 is 2. The van der Waals surface area contributed by atoms with Gasteiger partial charge in [0.1, 0.15) is 10.7 Å². The molecule has 4 aromatic carbocycles. The summed E-state index contributed by atoms with van der Waals surface area (Å²) in [6.45, 7) is 2.56. The number of nitrogens with one attached hydrogen (secondary N) is 2. The van der Waals surface area contributed by atoms with Crippen molar-refractivity contribution in [3.8, 4) is 11.5 Å². The smallest absolute Gasteiger partial charge is 0.274 e. The molecule has 0 fully saturated rings. The highest BCUT2D eigenvalue weighted by atomic mass is 16.5. The zero-order chi connectivity index (χ0) is 32.9. The van der Waals surface area contributed by atoms with E-state index in [0.717, 1.165) is 48.7 Å². The Hall–Kier alpha value is -5.67. The molecule has 238 valence electrons. The van der Waals surface area contributed by atoms with Crippen LogP contribution < -0.4 is 36.6 Å². The quantitative estimate of drug-likeness (QED) is 0.272. The first kappa shape index (κ1) is 31.3. The highest BCUT2D eigenvalue weighted by Crippen LogP contribution is 2.33. The van der Waals surface area contributed by atoms with Crippen molar-refractivity contribution in [2.75, 3.05) is 26.1 Å². The molecule has 2 heterocycles. The van der Waals surface area contributed by atoms with Crippen LogP contribution in [0, 0.1) is 0 Å². The van der Waals surface area contributed by atoms with E-state index < -0.39 is 0 Å². The number of anilines is 1. The lowest BCUT2D eigenvalue weighted by atomic mass is 9.98. The monoisotopic (exact) mass is 628 g/mol. The van der Waals surface area contributed by atoms with Crippen LogP contribution in [0.4, 0.5) is 5.69 Å². The van der Waals surface area contributed by atoms with Crippen LogP contribution >= 0.6 is 0 Å². The fourth-order valence-corrected chi connectivity index (χ4v) is 5.78.